The lowest BCUT2D eigenvalue weighted by atomic mass is 9.85. The lowest BCUT2D eigenvalue weighted by Crippen LogP contribution is -2.28. The highest BCUT2D eigenvalue weighted by molar-refractivity contribution is 6.30. The van der Waals surface area contributed by atoms with Gasteiger partial charge < -0.3 is 4.74 Å². The van der Waals surface area contributed by atoms with Crippen molar-refractivity contribution in [1.82, 2.24) is 0 Å². The van der Waals surface area contributed by atoms with Crippen molar-refractivity contribution in [2.24, 2.45) is 0 Å². The van der Waals surface area contributed by atoms with Crippen LogP contribution in [0.2, 0.25) is 5.02 Å². The second-order valence-electron chi connectivity index (χ2n) is 6.05. The first-order valence-corrected chi connectivity index (χ1v) is 6.64. The number of benzene rings is 1. The lowest BCUT2D eigenvalue weighted by Gasteiger charge is -2.23. The van der Waals surface area contributed by atoms with Crippen molar-refractivity contribution in [2.75, 3.05) is 5.32 Å². The van der Waals surface area contributed by atoms with Crippen molar-refractivity contribution >= 4 is 23.4 Å². The molecule has 0 spiro atoms. The molecule has 108 valence electrons. The van der Waals surface area contributed by atoms with E-state index in [4.69, 9.17) is 16.3 Å². The number of nitriles is 1. The third-order valence-corrected chi connectivity index (χ3v) is 2.81. The van der Waals surface area contributed by atoms with Crippen molar-refractivity contribution in [1.29, 1.82) is 5.26 Å². The number of nitrogens with zero attached hydrogens (tertiary/aromatic N) is 1. The summed E-state index contributed by atoms with van der Waals surface area (Å²) in [5.41, 5.74) is -0.176. The number of rotatable bonds is 2. The fraction of sp³-hybridized carbons (Fsp3) is 0.467. The second-order valence-corrected chi connectivity index (χ2v) is 6.49. The molecular weight excluding hydrogens is 276 g/mol. The maximum absolute atomic E-state index is 11.8. The lowest BCUT2D eigenvalue weighted by molar-refractivity contribution is 0.0635. The zero-order valence-electron chi connectivity index (χ0n) is 12.4. The molecule has 1 aromatic rings. The summed E-state index contributed by atoms with van der Waals surface area (Å²) in [7, 11) is 0. The zero-order valence-corrected chi connectivity index (χ0v) is 13.1. The first-order valence-electron chi connectivity index (χ1n) is 6.26. The number of carbonyl (C=O) groups excluding carboxylic acids is 1. The number of halogens is 1. The Kier molecular flexibility index (Phi) is 4.67. The average Bonchev–Trinajstić information content (AvgIpc) is 2.29. The van der Waals surface area contributed by atoms with Crippen LogP contribution in [0.5, 0.6) is 0 Å². The van der Waals surface area contributed by atoms with E-state index in [-0.39, 0.29) is 0 Å². The van der Waals surface area contributed by atoms with Crippen molar-refractivity contribution < 1.29 is 9.53 Å². The van der Waals surface area contributed by atoms with Crippen LogP contribution in [-0.2, 0) is 10.2 Å². The molecule has 0 unspecified atom stereocenters. The molecule has 5 heteroatoms. The number of anilines is 1. The fourth-order valence-corrected chi connectivity index (χ4v) is 1.79. The van der Waals surface area contributed by atoms with Gasteiger partial charge in [-0.15, -0.1) is 0 Å². The largest absolute Gasteiger partial charge is 0.444 e. The van der Waals surface area contributed by atoms with E-state index in [0.717, 1.165) is 0 Å². The molecule has 0 saturated carbocycles. The summed E-state index contributed by atoms with van der Waals surface area (Å²) in [6.45, 7) is 8.88. The van der Waals surface area contributed by atoms with E-state index >= 15 is 0 Å². The van der Waals surface area contributed by atoms with Crippen LogP contribution in [0.1, 0.15) is 40.2 Å². The number of nitrogens with one attached hydrogen (secondary N) is 1. The molecule has 0 heterocycles. The highest BCUT2D eigenvalue weighted by Gasteiger charge is 2.25. The van der Waals surface area contributed by atoms with Crippen molar-refractivity contribution in [3.63, 3.8) is 0 Å². The maximum atomic E-state index is 11.8. The van der Waals surface area contributed by atoms with Crippen LogP contribution in [0.4, 0.5) is 10.5 Å². The molecule has 0 aliphatic rings. The van der Waals surface area contributed by atoms with E-state index in [1.807, 2.05) is 0 Å². The summed E-state index contributed by atoms with van der Waals surface area (Å²) in [5.74, 6) is 0. The summed E-state index contributed by atoms with van der Waals surface area (Å²) in [6, 6.07) is 7.20. The van der Waals surface area contributed by atoms with Gasteiger partial charge in [-0.3, -0.25) is 5.32 Å². The molecule has 20 heavy (non-hydrogen) atoms. The molecule has 0 fully saturated rings. The Balaban J connectivity index is 3.08. The third kappa shape index (κ3) is 4.43. The average molecular weight is 295 g/mol. The van der Waals surface area contributed by atoms with Crippen LogP contribution in [0, 0.1) is 11.3 Å². The summed E-state index contributed by atoms with van der Waals surface area (Å²) in [4.78, 5) is 11.8. The first-order chi connectivity index (χ1) is 9.05. The molecule has 0 radical (unpaired) electrons. The highest BCUT2D eigenvalue weighted by atomic mass is 35.5. The molecule has 1 amide bonds. The molecular formula is C15H19ClN2O2. The van der Waals surface area contributed by atoms with Gasteiger partial charge in [0.25, 0.3) is 0 Å². The van der Waals surface area contributed by atoms with Gasteiger partial charge in [0, 0.05) is 10.7 Å². The van der Waals surface area contributed by atoms with Crippen LogP contribution in [0.25, 0.3) is 0 Å². The van der Waals surface area contributed by atoms with Crippen LogP contribution >= 0.6 is 11.6 Å². The molecule has 0 aliphatic carbocycles. The predicted molar refractivity (Wildman–Crippen MR) is 79.9 cm³/mol. The van der Waals surface area contributed by atoms with E-state index in [1.165, 1.54) is 0 Å². The number of hydrogen-bond donors (Lipinski definition) is 1. The van der Waals surface area contributed by atoms with Gasteiger partial charge in [0.2, 0.25) is 0 Å². The molecule has 1 N–H and O–H groups in total. The molecule has 0 aliphatic heterocycles. The molecule has 4 nitrogen and oxygen atoms in total. The number of amides is 1. The summed E-state index contributed by atoms with van der Waals surface area (Å²) < 4.78 is 5.21. The summed E-state index contributed by atoms with van der Waals surface area (Å²) in [5, 5.41) is 12.4. The minimum Gasteiger partial charge on any atom is -0.444 e. The van der Waals surface area contributed by atoms with E-state index in [9.17, 15) is 10.1 Å². The normalized spacial score (nSPS) is 11.7. The summed E-state index contributed by atoms with van der Waals surface area (Å²) in [6.07, 6.45) is -0.560. The van der Waals surface area contributed by atoms with Gasteiger partial charge in [0.1, 0.15) is 5.60 Å². The molecule has 0 atom stereocenters. The number of ether oxygens (including phenoxy) is 1. The monoisotopic (exact) mass is 294 g/mol. The smallest absolute Gasteiger partial charge is 0.412 e. The molecule has 1 rings (SSSR count). The first kappa shape index (κ1) is 16.3. The van der Waals surface area contributed by atoms with E-state index < -0.39 is 17.1 Å². The van der Waals surface area contributed by atoms with Crippen LogP contribution in [-0.4, -0.2) is 11.7 Å². The highest BCUT2D eigenvalue weighted by Crippen LogP contribution is 2.32. The SMILES string of the molecule is CC(C)(C)OC(=O)Nc1ccc(Cl)cc1C(C)(C)C#N. The fourth-order valence-electron chi connectivity index (χ4n) is 1.62. The Hall–Kier alpha value is -1.73. The minimum atomic E-state index is -0.769. The Bertz CT molecular complexity index is 554. The molecule has 0 saturated heterocycles. The number of carbonyl (C=O) groups is 1. The van der Waals surface area contributed by atoms with Gasteiger partial charge in [0.15, 0.2) is 0 Å². The van der Waals surface area contributed by atoms with Gasteiger partial charge in [0.05, 0.1) is 11.5 Å². The third-order valence-electron chi connectivity index (χ3n) is 2.57. The summed E-state index contributed by atoms with van der Waals surface area (Å²) >= 11 is 5.97. The van der Waals surface area contributed by atoms with Gasteiger partial charge >= 0.3 is 6.09 Å². The van der Waals surface area contributed by atoms with Gasteiger partial charge in [-0.1, -0.05) is 11.6 Å². The Morgan fingerprint density at radius 1 is 1.30 bits per heavy atom. The van der Waals surface area contributed by atoms with Crippen LogP contribution in [0.3, 0.4) is 0 Å². The van der Waals surface area contributed by atoms with Gasteiger partial charge in [-0.2, -0.15) is 5.26 Å². The minimum absolute atomic E-state index is 0.512. The zero-order chi connectivity index (χ0) is 15.6. The van der Waals surface area contributed by atoms with Gasteiger partial charge in [-0.25, -0.2) is 4.79 Å². The van der Waals surface area contributed by atoms with E-state index in [0.29, 0.717) is 16.3 Å². The second kappa shape index (κ2) is 5.72. The Labute approximate surface area is 124 Å². The molecule has 0 aromatic heterocycles. The van der Waals surface area contributed by atoms with E-state index in [2.05, 4.69) is 11.4 Å². The van der Waals surface area contributed by atoms with Gasteiger partial charge in [-0.05, 0) is 58.4 Å². The van der Waals surface area contributed by atoms with Crippen LogP contribution in [0.15, 0.2) is 18.2 Å². The quantitative estimate of drug-likeness (QED) is 0.874. The predicted octanol–water partition coefficient (Wildman–Crippen LogP) is 4.49. The van der Waals surface area contributed by atoms with Crippen molar-refractivity contribution in [3.05, 3.63) is 28.8 Å². The van der Waals surface area contributed by atoms with Crippen molar-refractivity contribution in [2.45, 2.75) is 45.6 Å². The molecule has 1 aromatic carbocycles. The Morgan fingerprint density at radius 2 is 1.90 bits per heavy atom. The topological polar surface area (TPSA) is 62.1 Å². The standard InChI is InChI=1S/C15H19ClN2O2/c1-14(2,3)20-13(19)18-12-7-6-10(16)8-11(12)15(4,5)9-17/h6-8H,1-5H3,(H,18,19). The van der Waals surface area contributed by atoms with E-state index in [1.54, 1.807) is 52.8 Å². The maximum Gasteiger partial charge on any atom is 0.412 e. The number of hydrogen-bond acceptors (Lipinski definition) is 3. The van der Waals surface area contributed by atoms with Crippen molar-refractivity contribution in [3.8, 4) is 6.07 Å². The molecule has 0 bridgehead atoms. The van der Waals surface area contributed by atoms with Crippen LogP contribution < -0.4 is 5.32 Å². The Morgan fingerprint density at radius 3 is 2.40 bits per heavy atom.